The molecule has 0 N–H and O–H groups in total. The van der Waals surface area contributed by atoms with Crippen molar-refractivity contribution < 1.29 is 19.1 Å². The summed E-state index contributed by atoms with van der Waals surface area (Å²) in [5.74, 6) is -0.991. The molecule has 0 radical (unpaired) electrons. The number of halogens is 1. The minimum Gasteiger partial charge on any atom is -0.421 e. The molecule has 0 aliphatic carbocycles. The van der Waals surface area contributed by atoms with Crippen LogP contribution >= 0.6 is 22.6 Å². The Morgan fingerprint density at radius 3 is 1.81 bits per heavy atom. The predicted molar refractivity (Wildman–Crippen MR) is 111 cm³/mol. The summed E-state index contributed by atoms with van der Waals surface area (Å²) in [6.07, 6.45) is -0.957. The minimum atomic E-state index is -0.957. The first-order chi connectivity index (χ1) is 12.1. The van der Waals surface area contributed by atoms with Gasteiger partial charge in [-0.25, -0.2) is 0 Å². The second-order valence-electron chi connectivity index (χ2n) is 6.01. The SMILES string of the molecule is CC(=O)OC(OC(C)=O)c1ccccc1.Cc1cc(I)c(C)c(C)c1C. The van der Waals surface area contributed by atoms with Gasteiger partial charge in [0.05, 0.1) is 0 Å². The van der Waals surface area contributed by atoms with Crippen LogP contribution in [0.3, 0.4) is 0 Å². The van der Waals surface area contributed by atoms with Gasteiger partial charge in [0.1, 0.15) is 0 Å². The second-order valence-corrected chi connectivity index (χ2v) is 7.17. The van der Waals surface area contributed by atoms with E-state index in [1.165, 1.54) is 39.7 Å². The Hall–Kier alpha value is -1.89. The Kier molecular flexibility index (Phi) is 8.78. The highest BCUT2D eigenvalue weighted by atomic mass is 127. The molecule has 2 rings (SSSR count). The lowest BCUT2D eigenvalue weighted by molar-refractivity contribution is -0.186. The highest BCUT2D eigenvalue weighted by Gasteiger charge is 2.16. The Balaban J connectivity index is 0.000000273. The molecule has 0 unspecified atom stereocenters. The Morgan fingerprint density at radius 2 is 1.35 bits per heavy atom. The molecular formula is C21H25IO4. The van der Waals surface area contributed by atoms with Crippen molar-refractivity contribution in [3.05, 3.63) is 67.8 Å². The molecular weight excluding hydrogens is 443 g/mol. The smallest absolute Gasteiger partial charge is 0.305 e. The van der Waals surface area contributed by atoms with Gasteiger partial charge in [0, 0.05) is 23.0 Å². The van der Waals surface area contributed by atoms with Crippen LogP contribution < -0.4 is 0 Å². The maximum absolute atomic E-state index is 10.8. The molecule has 0 heterocycles. The van der Waals surface area contributed by atoms with Crippen LogP contribution in [0.15, 0.2) is 36.4 Å². The van der Waals surface area contributed by atoms with E-state index in [0.717, 1.165) is 0 Å². The van der Waals surface area contributed by atoms with E-state index in [1.54, 1.807) is 24.3 Å². The molecule has 26 heavy (non-hydrogen) atoms. The van der Waals surface area contributed by atoms with Crippen LogP contribution in [-0.2, 0) is 19.1 Å². The van der Waals surface area contributed by atoms with Gasteiger partial charge in [0.25, 0.3) is 6.29 Å². The second kappa shape index (κ2) is 10.3. The van der Waals surface area contributed by atoms with Crippen molar-refractivity contribution in [1.82, 2.24) is 0 Å². The van der Waals surface area contributed by atoms with Gasteiger partial charge < -0.3 is 9.47 Å². The van der Waals surface area contributed by atoms with Crippen molar-refractivity contribution >= 4 is 34.5 Å². The third kappa shape index (κ3) is 6.78. The van der Waals surface area contributed by atoms with Gasteiger partial charge in [-0.05, 0) is 78.6 Å². The van der Waals surface area contributed by atoms with Crippen LogP contribution in [0.2, 0.25) is 0 Å². The zero-order valence-electron chi connectivity index (χ0n) is 16.1. The lowest BCUT2D eigenvalue weighted by Crippen LogP contribution is -2.14. The molecule has 0 aliphatic rings. The minimum absolute atomic E-state index is 0.495. The van der Waals surface area contributed by atoms with Crippen molar-refractivity contribution in [2.75, 3.05) is 0 Å². The quantitative estimate of drug-likeness (QED) is 0.347. The molecule has 0 fully saturated rings. The van der Waals surface area contributed by atoms with Crippen LogP contribution in [0.25, 0.3) is 0 Å². The molecule has 0 saturated carbocycles. The van der Waals surface area contributed by atoms with Gasteiger partial charge in [-0.15, -0.1) is 0 Å². The molecule has 0 spiro atoms. The largest absolute Gasteiger partial charge is 0.421 e. The van der Waals surface area contributed by atoms with Crippen molar-refractivity contribution in [1.29, 1.82) is 0 Å². The van der Waals surface area contributed by atoms with Crippen LogP contribution in [0.5, 0.6) is 0 Å². The van der Waals surface area contributed by atoms with E-state index in [2.05, 4.69) is 56.4 Å². The van der Waals surface area contributed by atoms with Crippen LogP contribution in [-0.4, -0.2) is 11.9 Å². The first-order valence-corrected chi connectivity index (χ1v) is 9.33. The van der Waals surface area contributed by atoms with E-state index in [1.807, 2.05) is 6.07 Å². The lowest BCUT2D eigenvalue weighted by Gasteiger charge is -2.16. The van der Waals surface area contributed by atoms with E-state index < -0.39 is 18.2 Å². The van der Waals surface area contributed by atoms with Gasteiger partial charge in [0.15, 0.2) is 0 Å². The number of rotatable bonds is 3. The van der Waals surface area contributed by atoms with Gasteiger partial charge >= 0.3 is 11.9 Å². The molecule has 0 atom stereocenters. The zero-order valence-corrected chi connectivity index (χ0v) is 18.2. The summed E-state index contributed by atoms with van der Waals surface area (Å²) in [5, 5.41) is 0. The molecule has 2 aromatic carbocycles. The van der Waals surface area contributed by atoms with Crippen molar-refractivity contribution in [2.45, 2.75) is 47.8 Å². The number of esters is 2. The maximum atomic E-state index is 10.8. The van der Waals surface area contributed by atoms with Gasteiger partial charge in [-0.2, -0.15) is 0 Å². The first-order valence-electron chi connectivity index (χ1n) is 8.25. The normalized spacial score (nSPS) is 10.0. The first kappa shape index (κ1) is 22.2. The van der Waals surface area contributed by atoms with Crippen molar-refractivity contribution in [2.24, 2.45) is 0 Å². The number of benzene rings is 2. The number of carbonyl (C=O) groups is 2. The summed E-state index contributed by atoms with van der Waals surface area (Å²) in [6.45, 7) is 11.3. The van der Waals surface area contributed by atoms with Crippen LogP contribution in [0.1, 0.15) is 48.0 Å². The number of ether oxygens (including phenoxy) is 2. The predicted octanol–water partition coefficient (Wildman–Crippen LogP) is 5.34. The van der Waals surface area contributed by atoms with Crippen molar-refractivity contribution in [3.8, 4) is 0 Å². The topological polar surface area (TPSA) is 52.6 Å². The highest BCUT2D eigenvalue weighted by molar-refractivity contribution is 14.1. The Bertz CT molecular complexity index is 727. The van der Waals surface area contributed by atoms with E-state index in [-0.39, 0.29) is 0 Å². The number of aryl methyl sites for hydroxylation is 1. The van der Waals surface area contributed by atoms with Crippen LogP contribution in [0, 0.1) is 31.3 Å². The third-order valence-corrected chi connectivity index (χ3v) is 5.16. The average Bonchev–Trinajstić information content (AvgIpc) is 2.58. The van der Waals surface area contributed by atoms with E-state index in [0.29, 0.717) is 5.56 Å². The summed E-state index contributed by atoms with van der Waals surface area (Å²) in [5.41, 5.74) is 6.33. The molecule has 0 saturated heterocycles. The summed E-state index contributed by atoms with van der Waals surface area (Å²) in [6, 6.07) is 11.1. The standard InChI is InChI=1S/C11H12O4.C10H13I/c1-8(12)14-11(15-9(2)13)10-6-4-3-5-7-10;1-6-5-10(11)9(4)8(3)7(6)2/h3-7,11H,1-2H3;5H,1-4H3. The molecule has 0 aliphatic heterocycles. The molecule has 0 bridgehead atoms. The van der Waals surface area contributed by atoms with E-state index in [9.17, 15) is 9.59 Å². The van der Waals surface area contributed by atoms with Gasteiger partial charge in [-0.1, -0.05) is 30.3 Å². The number of hydrogen-bond acceptors (Lipinski definition) is 4. The number of carbonyl (C=O) groups excluding carboxylic acids is 2. The highest BCUT2D eigenvalue weighted by Crippen LogP contribution is 2.22. The van der Waals surface area contributed by atoms with Gasteiger partial charge in [0.2, 0.25) is 0 Å². The number of hydrogen-bond donors (Lipinski definition) is 0. The summed E-state index contributed by atoms with van der Waals surface area (Å²) in [7, 11) is 0. The molecule has 2 aromatic rings. The lowest BCUT2D eigenvalue weighted by atomic mass is 10.0. The zero-order chi connectivity index (χ0) is 19.9. The molecule has 0 aromatic heterocycles. The molecule has 4 nitrogen and oxygen atoms in total. The fourth-order valence-corrected chi connectivity index (χ4v) is 3.11. The van der Waals surface area contributed by atoms with Crippen LogP contribution in [0.4, 0.5) is 0 Å². The summed E-state index contributed by atoms with van der Waals surface area (Å²) in [4.78, 5) is 21.6. The molecule has 140 valence electrons. The van der Waals surface area contributed by atoms with Crippen molar-refractivity contribution in [3.63, 3.8) is 0 Å². The molecule has 5 heteroatoms. The fourth-order valence-electron chi connectivity index (χ4n) is 2.23. The Labute approximate surface area is 169 Å². The average molecular weight is 468 g/mol. The fraction of sp³-hybridized carbons (Fsp3) is 0.333. The summed E-state index contributed by atoms with van der Waals surface area (Å²) >= 11 is 2.39. The molecule has 0 amide bonds. The Morgan fingerprint density at radius 1 is 0.846 bits per heavy atom. The monoisotopic (exact) mass is 468 g/mol. The van der Waals surface area contributed by atoms with E-state index in [4.69, 9.17) is 9.47 Å². The van der Waals surface area contributed by atoms with E-state index >= 15 is 0 Å². The maximum Gasteiger partial charge on any atom is 0.305 e. The summed E-state index contributed by atoms with van der Waals surface area (Å²) < 4.78 is 11.1. The van der Waals surface area contributed by atoms with Gasteiger partial charge in [-0.3, -0.25) is 9.59 Å². The third-order valence-electron chi connectivity index (χ3n) is 4.04.